The van der Waals surface area contributed by atoms with E-state index in [-0.39, 0.29) is 28.0 Å². The Hall–Kier alpha value is -5.81. The zero-order chi connectivity index (χ0) is 36.4. The SMILES string of the molecule is CCCCCCOc1c2ccccc2c(OCCCCCC)c2c3nc4nc(nc5nnc(nc6nc(nc([n-]3)c12)-c1ccccc1-6)[n-]5)-c1ccccc1-4.[Ni+2]. The number of hydrogen-bond donors (Lipinski definition) is 0. The number of ether oxygens (including phenoxy) is 2. The van der Waals surface area contributed by atoms with Crippen LogP contribution in [0.3, 0.4) is 0 Å². The molecular weight excluding hydrogens is 735 g/mol. The molecule has 0 saturated heterocycles. The molecule has 0 amide bonds. The smallest absolute Gasteiger partial charge is 0.492 e. The summed E-state index contributed by atoms with van der Waals surface area (Å²) in [6, 6.07) is 23.9. The second-order valence-electron chi connectivity index (χ2n) is 13.5. The number of unbranched alkanes of at least 4 members (excludes halogenated alkanes) is 6. The van der Waals surface area contributed by atoms with Crippen LogP contribution < -0.4 is 19.4 Å². The summed E-state index contributed by atoms with van der Waals surface area (Å²) in [5, 5.41) is 11.7. The van der Waals surface area contributed by atoms with Crippen LogP contribution in [0.25, 0.3) is 89.9 Å². The van der Waals surface area contributed by atoms with E-state index in [2.05, 4.69) is 41.2 Å². The van der Waals surface area contributed by atoms with Crippen molar-refractivity contribution in [3.8, 4) is 57.1 Å². The van der Waals surface area contributed by atoms with Crippen molar-refractivity contribution >= 4 is 44.4 Å². The second-order valence-corrected chi connectivity index (χ2v) is 13.5. The van der Waals surface area contributed by atoms with Crippen molar-refractivity contribution in [2.75, 3.05) is 13.2 Å². The minimum Gasteiger partial charge on any atom is -0.492 e. The van der Waals surface area contributed by atoms with E-state index in [9.17, 15) is 0 Å². The molecule has 4 aromatic carbocycles. The van der Waals surface area contributed by atoms with Gasteiger partial charge in [-0.05, 0) is 12.8 Å². The molecule has 12 nitrogen and oxygen atoms in total. The molecule has 13 heteroatoms. The van der Waals surface area contributed by atoms with Crippen LogP contribution in [0.4, 0.5) is 0 Å². The van der Waals surface area contributed by atoms with Crippen molar-refractivity contribution in [2.24, 2.45) is 0 Å². The Morgan fingerprint density at radius 1 is 0.455 bits per heavy atom. The minimum absolute atomic E-state index is 0. The Morgan fingerprint density at radius 2 is 0.855 bits per heavy atom. The van der Waals surface area contributed by atoms with Crippen LogP contribution in [0.1, 0.15) is 65.2 Å². The van der Waals surface area contributed by atoms with E-state index in [0.29, 0.717) is 59.3 Å². The van der Waals surface area contributed by atoms with Crippen molar-refractivity contribution in [2.45, 2.75) is 65.2 Å². The molecule has 278 valence electrons. The van der Waals surface area contributed by atoms with E-state index < -0.39 is 0 Å². The molecule has 3 aromatic heterocycles. The van der Waals surface area contributed by atoms with Gasteiger partial charge in [0, 0.05) is 55.1 Å². The van der Waals surface area contributed by atoms with Crippen LogP contribution in [-0.4, -0.2) is 53.3 Å². The molecule has 0 fully saturated rings. The first-order chi connectivity index (χ1) is 26.7. The van der Waals surface area contributed by atoms with E-state index in [4.69, 9.17) is 44.4 Å². The van der Waals surface area contributed by atoms with Gasteiger partial charge in [0.15, 0.2) is 0 Å². The molecule has 55 heavy (non-hydrogen) atoms. The molecule has 0 spiro atoms. The fourth-order valence-corrected chi connectivity index (χ4v) is 7.12. The van der Waals surface area contributed by atoms with Crippen LogP contribution in [0.2, 0.25) is 0 Å². The van der Waals surface area contributed by atoms with Gasteiger partial charge >= 0.3 is 16.5 Å². The third-order valence-electron chi connectivity index (χ3n) is 9.77. The molecule has 5 heterocycles. The van der Waals surface area contributed by atoms with Gasteiger partial charge in [0.25, 0.3) is 0 Å². The third-order valence-corrected chi connectivity index (χ3v) is 9.77. The van der Waals surface area contributed by atoms with Gasteiger partial charge in [0.1, 0.15) is 34.7 Å². The van der Waals surface area contributed by atoms with Crippen LogP contribution >= 0.6 is 0 Å². The molecule has 9 rings (SSSR count). The molecule has 8 bridgehead atoms. The van der Waals surface area contributed by atoms with E-state index in [1.54, 1.807) is 0 Å². The van der Waals surface area contributed by atoms with Gasteiger partial charge in [-0.3, -0.25) is 15.0 Å². The van der Waals surface area contributed by atoms with Gasteiger partial charge in [0.05, 0.1) is 24.9 Å². The van der Waals surface area contributed by atoms with Gasteiger partial charge in [-0.2, -0.15) is 0 Å². The van der Waals surface area contributed by atoms with Crippen molar-refractivity contribution in [1.82, 2.24) is 50.1 Å². The Balaban J connectivity index is 0.00000427. The van der Waals surface area contributed by atoms with Crippen molar-refractivity contribution < 1.29 is 26.0 Å². The molecule has 0 N–H and O–H groups in total. The maximum atomic E-state index is 6.79. The molecule has 0 atom stereocenters. The summed E-state index contributed by atoms with van der Waals surface area (Å²) >= 11 is 0. The summed E-state index contributed by atoms with van der Waals surface area (Å²) in [5.74, 6) is 3.42. The molecule has 0 radical (unpaired) electrons. The normalized spacial score (nSPS) is 11.7. The van der Waals surface area contributed by atoms with Crippen LogP contribution in [-0.2, 0) is 16.5 Å². The van der Waals surface area contributed by atoms with Gasteiger partial charge in [-0.25, -0.2) is 20.2 Å². The Labute approximate surface area is 327 Å². The number of aromatic nitrogens is 10. The fraction of sp³-hybridized carbons (Fsp3) is 0.286. The largest absolute Gasteiger partial charge is 2.00 e. The average molecular weight is 774 g/mol. The molecule has 0 aliphatic carbocycles. The van der Waals surface area contributed by atoms with Crippen molar-refractivity contribution in [3.63, 3.8) is 0 Å². The first-order valence-electron chi connectivity index (χ1n) is 18.9. The summed E-state index contributed by atoms with van der Waals surface area (Å²) in [7, 11) is 0. The van der Waals surface area contributed by atoms with Gasteiger partial charge < -0.3 is 24.4 Å². The van der Waals surface area contributed by atoms with E-state index in [0.717, 1.165) is 95.2 Å². The first-order valence-corrected chi connectivity index (χ1v) is 18.9. The topological polar surface area (TPSA) is 150 Å². The van der Waals surface area contributed by atoms with Crippen LogP contribution in [0.5, 0.6) is 11.5 Å². The Morgan fingerprint density at radius 3 is 1.27 bits per heavy atom. The molecule has 7 aromatic rings. The summed E-state index contributed by atoms with van der Waals surface area (Å²) in [5.41, 5.74) is 4.05. The van der Waals surface area contributed by atoms with E-state index in [1.165, 1.54) is 0 Å². The summed E-state index contributed by atoms with van der Waals surface area (Å²) < 4.78 is 13.6. The van der Waals surface area contributed by atoms with Gasteiger partial charge in [-0.15, -0.1) is 0 Å². The third kappa shape index (κ3) is 6.89. The second kappa shape index (κ2) is 15.9. The number of hydrogen-bond acceptors (Lipinski definition) is 10. The molecule has 2 aliphatic rings. The van der Waals surface area contributed by atoms with Crippen molar-refractivity contribution in [1.29, 1.82) is 0 Å². The summed E-state index contributed by atoms with van der Waals surface area (Å²) in [6.07, 6.45) is 8.59. The predicted octanol–water partition coefficient (Wildman–Crippen LogP) is 8.83. The van der Waals surface area contributed by atoms with E-state index >= 15 is 0 Å². The predicted molar refractivity (Wildman–Crippen MR) is 209 cm³/mol. The molecule has 0 unspecified atom stereocenters. The number of fused-ring (bicyclic) bond motifs is 18. The molecule has 0 saturated carbocycles. The van der Waals surface area contributed by atoms with E-state index in [1.807, 2.05) is 60.7 Å². The molecular formula is C42H38N10NiO2. The zero-order valence-corrected chi connectivity index (χ0v) is 31.6. The molecule has 2 aliphatic heterocycles. The Kier molecular flexibility index (Phi) is 10.5. The van der Waals surface area contributed by atoms with Crippen molar-refractivity contribution in [3.05, 3.63) is 72.8 Å². The maximum absolute atomic E-state index is 6.79. The van der Waals surface area contributed by atoms with Gasteiger partial charge in [0.2, 0.25) is 0 Å². The average Bonchev–Trinajstić information content (AvgIpc) is 3.97. The monoisotopic (exact) mass is 772 g/mol. The van der Waals surface area contributed by atoms with Gasteiger partial charge in [-0.1, -0.05) is 125 Å². The Bertz CT molecular complexity index is 2510. The standard InChI is InChI=1S/C42H38N10O2.Ni/c1-3-5-7-15-23-53-33-25-17-9-10-18-26(25)34(54-24-16-8-6-4-2)32-31(33)39-45-35-27-19-11-13-21-29(27)37(43-35)48-41-50-42(52-51-41)49-38-30-22-14-12-20-28(30)36(44-38)46-40(32)47-39;/h9-14,17-22H,3-8,15-16,23-24H2,1-2H3;/q-2;+2. The quantitative estimate of drug-likeness (QED) is 0.0862. The number of nitrogens with zero attached hydrogens (tertiary/aromatic N) is 10. The zero-order valence-electron chi connectivity index (χ0n) is 30.6. The first kappa shape index (κ1) is 36.2. The summed E-state index contributed by atoms with van der Waals surface area (Å²) in [6.45, 7) is 5.51. The van der Waals surface area contributed by atoms with Crippen LogP contribution in [0.15, 0.2) is 72.8 Å². The fourth-order valence-electron chi connectivity index (χ4n) is 7.12. The van der Waals surface area contributed by atoms with Crippen LogP contribution in [0, 0.1) is 0 Å². The number of benzene rings is 4. The number of rotatable bonds is 12. The minimum atomic E-state index is 0. The summed E-state index contributed by atoms with van der Waals surface area (Å²) in [4.78, 5) is 39.3. The maximum Gasteiger partial charge on any atom is 2.00 e.